The summed E-state index contributed by atoms with van der Waals surface area (Å²) in [6.07, 6.45) is -0.0410. The van der Waals surface area contributed by atoms with Crippen molar-refractivity contribution in [1.82, 2.24) is 10.6 Å². The number of amides is 1. The number of hydrogen-bond donors (Lipinski definition) is 2. The minimum atomic E-state index is -0.497. The number of hydrogen-bond acceptors (Lipinski definition) is 5. The molecule has 110 valence electrons. The molecule has 2 unspecified atom stereocenters. The van der Waals surface area contributed by atoms with Gasteiger partial charge in [-0.3, -0.25) is 4.79 Å². The van der Waals surface area contributed by atoms with Crippen molar-refractivity contribution in [2.75, 3.05) is 26.7 Å². The van der Waals surface area contributed by atoms with Crippen LogP contribution in [0.4, 0.5) is 4.79 Å². The molecular weight excluding hydrogens is 248 g/mol. The molecule has 1 heterocycles. The van der Waals surface area contributed by atoms with Crippen molar-refractivity contribution < 1.29 is 19.1 Å². The zero-order valence-electron chi connectivity index (χ0n) is 12.1. The number of carbonyl (C=O) groups is 2. The number of esters is 1. The van der Waals surface area contributed by atoms with Gasteiger partial charge in [-0.05, 0) is 45.7 Å². The molecule has 6 nitrogen and oxygen atoms in total. The number of carbonyl (C=O) groups excluding carboxylic acids is 2. The van der Waals surface area contributed by atoms with Crippen LogP contribution in [0.3, 0.4) is 0 Å². The summed E-state index contributed by atoms with van der Waals surface area (Å²) in [4.78, 5) is 22.8. The van der Waals surface area contributed by atoms with Crippen LogP contribution < -0.4 is 10.6 Å². The van der Waals surface area contributed by atoms with Gasteiger partial charge in [0.25, 0.3) is 0 Å². The van der Waals surface area contributed by atoms with Crippen molar-refractivity contribution in [1.29, 1.82) is 0 Å². The molecule has 0 aromatic rings. The van der Waals surface area contributed by atoms with E-state index >= 15 is 0 Å². The van der Waals surface area contributed by atoms with Gasteiger partial charge in [-0.25, -0.2) is 4.79 Å². The number of rotatable bonds is 4. The monoisotopic (exact) mass is 272 g/mol. The Morgan fingerprint density at radius 3 is 2.47 bits per heavy atom. The van der Waals surface area contributed by atoms with Gasteiger partial charge >= 0.3 is 12.1 Å². The average molecular weight is 272 g/mol. The largest absolute Gasteiger partial charge is 0.469 e. The number of alkyl carbamates (subject to hydrolysis) is 1. The average Bonchev–Trinajstić information content (AvgIpc) is 2.71. The van der Waals surface area contributed by atoms with E-state index in [0.29, 0.717) is 13.0 Å². The van der Waals surface area contributed by atoms with Gasteiger partial charge in [0.1, 0.15) is 5.60 Å². The number of methoxy groups -OCH3 is 1. The quantitative estimate of drug-likeness (QED) is 0.744. The summed E-state index contributed by atoms with van der Waals surface area (Å²) in [6, 6.07) is 0. The third kappa shape index (κ3) is 5.92. The zero-order valence-corrected chi connectivity index (χ0v) is 12.1. The molecule has 0 saturated carbocycles. The molecule has 0 bridgehead atoms. The van der Waals surface area contributed by atoms with Crippen LogP contribution in [0.1, 0.15) is 27.2 Å². The van der Waals surface area contributed by atoms with E-state index in [0.717, 1.165) is 13.1 Å². The minimum Gasteiger partial charge on any atom is -0.469 e. The second-order valence-corrected chi connectivity index (χ2v) is 5.84. The highest BCUT2D eigenvalue weighted by molar-refractivity contribution is 5.69. The Bertz CT molecular complexity index is 325. The molecule has 1 aliphatic heterocycles. The van der Waals surface area contributed by atoms with Crippen molar-refractivity contribution in [2.24, 2.45) is 11.8 Å². The van der Waals surface area contributed by atoms with Crippen molar-refractivity contribution in [3.05, 3.63) is 0 Å². The maximum absolute atomic E-state index is 11.6. The van der Waals surface area contributed by atoms with Crippen molar-refractivity contribution in [3.8, 4) is 0 Å². The molecule has 1 fully saturated rings. The molecule has 0 aromatic heterocycles. The summed E-state index contributed by atoms with van der Waals surface area (Å²) in [5, 5.41) is 5.97. The first-order valence-electron chi connectivity index (χ1n) is 6.56. The summed E-state index contributed by atoms with van der Waals surface area (Å²) in [5.74, 6) is 0.213. The van der Waals surface area contributed by atoms with E-state index in [-0.39, 0.29) is 17.8 Å². The molecule has 19 heavy (non-hydrogen) atoms. The van der Waals surface area contributed by atoms with Gasteiger partial charge < -0.3 is 20.1 Å². The van der Waals surface area contributed by atoms with Crippen LogP contribution in [0.2, 0.25) is 0 Å². The molecule has 1 rings (SSSR count). The van der Waals surface area contributed by atoms with Crippen LogP contribution in [0.25, 0.3) is 0 Å². The number of nitrogens with one attached hydrogen (secondary N) is 2. The Labute approximate surface area is 114 Å². The Morgan fingerprint density at radius 1 is 1.26 bits per heavy atom. The van der Waals surface area contributed by atoms with Gasteiger partial charge in [-0.2, -0.15) is 0 Å². The topological polar surface area (TPSA) is 76.7 Å². The van der Waals surface area contributed by atoms with E-state index in [1.807, 2.05) is 20.8 Å². The lowest BCUT2D eigenvalue weighted by Crippen LogP contribution is -2.37. The predicted molar refractivity (Wildman–Crippen MR) is 70.7 cm³/mol. The molecule has 2 atom stereocenters. The lowest BCUT2D eigenvalue weighted by Gasteiger charge is -2.22. The summed E-state index contributed by atoms with van der Waals surface area (Å²) in [5.41, 5.74) is -0.497. The fourth-order valence-corrected chi connectivity index (χ4v) is 2.09. The van der Waals surface area contributed by atoms with Crippen LogP contribution in [0, 0.1) is 11.8 Å². The minimum absolute atomic E-state index is 0.197. The first-order valence-corrected chi connectivity index (χ1v) is 6.56. The fourth-order valence-electron chi connectivity index (χ4n) is 2.09. The Balaban J connectivity index is 2.35. The molecule has 0 radical (unpaired) electrons. The van der Waals surface area contributed by atoms with Crippen molar-refractivity contribution in [2.45, 2.75) is 32.8 Å². The summed E-state index contributed by atoms with van der Waals surface area (Å²) < 4.78 is 9.85. The van der Waals surface area contributed by atoms with E-state index in [2.05, 4.69) is 15.4 Å². The summed E-state index contributed by atoms with van der Waals surface area (Å²) in [7, 11) is 1.39. The zero-order chi connectivity index (χ0) is 14.5. The predicted octanol–water partition coefficient (Wildman–Crippen LogP) is 0.910. The van der Waals surface area contributed by atoms with Gasteiger partial charge in [0.2, 0.25) is 0 Å². The van der Waals surface area contributed by atoms with Gasteiger partial charge in [-0.15, -0.1) is 0 Å². The molecule has 2 N–H and O–H groups in total. The maximum atomic E-state index is 11.6. The van der Waals surface area contributed by atoms with Crippen LogP contribution >= 0.6 is 0 Å². The Hall–Kier alpha value is -1.30. The molecule has 0 aliphatic carbocycles. The smallest absolute Gasteiger partial charge is 0.407 e. The molecule has 1 amide bonds. The molecule has 6 heteroatoms. The van der Waals surface area contributed by atoms with E-state index in [4.69, 9.17) is 4.74 Å². The van der Waals surface area contributed by atoms with Gasteiger partial charge in [0, 0.05) is 13.0 Å². The lowest BCUT2D eigenvalue weighted by atomic mass is 9.93. The highest BCUT2D eigenvalue weighted by Crippen LogP contribution is 2.20. The first kappa shape index (κ1) is 15.8. The summed E-state index contributed by atoms with van der Waals surface area (Å²) >= 11 is 0. The van der Waals surface area contributed by atoms with Gasteiger partial charge in [-0.1, -0.05) is 0 Å². The van der Waals surface area contributed by atoms with Crippen LogP contribution in [0.5, 0.6) is 0 Å². The molecular formula is C13H24N2O4. The third-order valence-corrected chi connectivity index (χ3v) is 3.04. The van der Waals surface area contributed by atoms with E-state index < -0.39 is 11.7 Å². The number of ether oxygens (including phenoxy) is 2. The summed E-state index contributed by atoms with van der Waals surface area (Å²) in [6.45, 7) is 7.54. The van der Waals surface area contributed by atoms with Crippen LogP contribution in [-0.4, -0.2) is 44.4 Å². The normalized spacial score (nSPS) is 22.9. The standard InChI is InChI=1S/C13H24N2O4/c1-13(2,3)19-12(17)15-8-10-7-14-6-9(10)5-11(16)18-4/h9-10,14H,5-8H2,1-4H3,(H,15,17). The van der Waals surface area contributed by atoms with E-state index in [9.17, 15) is 9.59 Å². The molecule has 0 aromatic carbocycles. The Morgan fingerprint density at radius 2 is 1.89 bits per heavy atom. The van der Waals surface area contributed by atoms with Gasteiger partial charge in [0.05, 0.1) is 7.11 Å². The van der Waals surface area contributed by atoms with E-state index in [1.165, 1.54) is 7.11 Å². The molecule has 1 aliphatic rings. The van der Waals surface area contributed by atoms with E-state index in [1.54, 1.807) is 0 Å². The highest BCUT2D eigenvalue weighted by Gasteiger charge is 2.30. The Kier molecular flexibility index (Phi) is 5.60. The van der Waals surface area contributed by atoms with Crippen molar-refractivity contribution >= 4 is 12.1 Å². The lowest BCUT2D eigenvalue weighted by molar-refractivity contribution is -0.141. The highest BCUT2D eigenvalue weighted by atomic mass is 16.6. The first-order chi connectivity index (χ1) is 8.81. The van der Waals surface area contributed by atoms with Crippen LogP contribution in [0.15, 0.2) is 0 Å². The second kappa shape index (κ2) is 6.75. The van der Waals surface area contributed by atoms with Gasteiger partial charge in [0.15, 0.2) is 0 Å². The third-order valence-electron chi connectivity index (χ3n) is 3.04. The molecule has 1 saturated heterocycles. The van der Waals surface area contributed by atoms with Crippen molar-refractivity contribution in [3.63, 3.8) is 0 Å². The maximum Gasteiger partial charge on any atom is 0.407 e. The second-order valence-electron chi connectivity index (χ2n) is 5.84. The van der Waals surface area contributed by atoms with Crippen LogP contribution in [-0.2, 0) is 14.3 Å². The SMILES string of the molecule is COC(=O)CC1CNCC1CNC(=O)OC(C)(C)C. The molecule has 0 spiro atoms. The fraction of sp³-hybridized carbons (Fsp3) is 0.846.